The average molecular weight is 144 g/mol. The summed E-state index contributed by atoms with van der Waals surface area (Å²) in [5, 5.41) is 9.13. The van der Waals surface area contributed by atoms with Crippen molar-refractivity contribution in [1.82, 2.24) is 0 Å². The molecule has 0 heterocycles. The minimum absolute atomic E-state index is 0.0728. The summed E-state index contributed by atoms with van der Waals surface area (Å²) in [6, 6.07) is 0. The molecule has 60 valence electrons. The largest absolute Gasteiger partial charge is 0.393 e. The number of carbonyl (C=O) groups is 1. The maximum absolute atomic E-state index is 10.5. The lowest BCUT2D eigenvalue weighted by molar-refractivity contribution is -0.118. The number of hydrogen-bond donors (Lipinski definition) is 1. The van der Waals surface area contributed by atoms with Crippen LogP contribution in [-0.2, 0) is 4.79 Å². The highest BCUT2D eigenvalue weighted by molar-refractivity contribution is 5.75. The Morgan fingerprint density at radius 2 is 2.20 bits per heavy atom. The van der Waals surface area contributed by atoms with Crippen LogP contribution in [0.25, 0.3) is 0 Å². The fourth-order valence-corrected chi connectivity index (χ4v) is 0.874. The summed E-state index contributed by atoms with van der Waals surface area (Å²) < 4.78 is 0. The van der Waals surface area contributed by atoms with Crippen LogP contribution in [-0.4, -0.2) is 17.0 Å². The van der Waals surface area contributed by atoms with Gasteiger partial charge in [-0.25, -0.2) is 0 Å². The molecule has 2 nitrogen and oxygen atoms in total. The van der Waals surface area contributed by atoms with Gasteiger partial charge in [0.1, 0.15) is 5.78 Å². The molecule has 1 N–H and O–H groups in total. The zero-order valence-corrected chi connectivity index (χ0v) is 6.76. The van der Waals surface area contributed by atoms with E-state index in [9.17, 15) is 4.79 Å². The molecule has 0 aromatic rings. The van der Waals surface area contributed by atoms with Crippen molar-refractivity contribution in [3.63, 3.8) is 0 Å². The molecule has 0 rings (SSSR count). The highest BCUT2D eigenvalue weighted by atomic mass is 16.3. The Kier molecular flexibility index (Phi) is 5.22. The van der Waals surface area contributed by atoms with Gasteiger partial charge in [0.2, 0.25) is 0 Å². The molecule has 0 radical (unpaired) electrons. The predicted octanol–water partition coefficient (Wildman–Crippen LogP) is 1.52. The maximum Gasteiger partial charge on any atom is 0.132 e. The van der Waals surface area contributed by atoms with Gasteiger partial charge in [-0.3, -0.25) is 4.79 Å². The molecular formula is C8H16O2. The Balaban J connectivity index is 3.25. The Bertz CT molecular complexity index is 99.4. The van der Waals surface area contributed by atoms with Crippen LogP contribution in [0.5, 0.6) is 0 Å². The van der Waals surface area contributed by atoms with Gasteiger partial charge in [0.05, 0.1) is 6.10 Å². The SMILES string of the molecule is CCCC[C@@H](O)CC(C)=O. The molecule has 0 saturated heterocycles. The predicted molar refractivity (Wildman–Crippen MR) is 40.8 cm³/mol. The molecule has 0 bridgehead atoms. The molecule has 0 aliphatic rings. The fourth-order valence-electron chi connectivity index (χ4n) is 0.874. The van der Waals surface area contributed by atoms with Gasteiger partial charge in [-0.2, -0.15) is 0 Å². The molecule has 0 aliphatic heterocycles. The van der Waals surface area contributed by atoms with E-state index in [4.69, 9.17) is 5.11 Å². The van der Waals surface area contributed by atoms with Crippen LogP contribution in [0.3, 0.4) is 0 Å². The Hall–Kier alpha value is -0.370. The number of aliphatic hydroxyl groups is 1. The summed E-state index contributed by atoms with van der Waals surface area (Å²) in [6.07, 6.45) is 2.76. The van der Waals surface area contributed by atoms with Crippen LogP contribution in [0.2, 0.25) is 0 Å². The van der Waals surface area contributed by atoms with E-state index in [1.807, 2.05) is 0 Å². The first-order valence-electron chi connectivity index (χ1n) is 3.84. The Labute approximate surface area is 62.2 Å². The van der Waals surface area contributed by atoms with Crippen molar-refractivity contribution >= 4 is 5.78 Å². The standard InChI is InChI=1S/C8H16O2/c1-3-4-5-8(10)6-7(2)9/h8,10H,3-6H2,1-2H3/t8-/m1/s1. The van der Waals surface area contributed by atoms with E-state index in [1.54, 1.807) is 0 Å². The van der Waals surface area contributed by atoms with E-state index in [-0.39, 0.29) is 5.78 Å². The van der Waals surface area contributed by atoms with Gasteiger partial charge in [-0.05, 0) is 13.3 Å². The van der Waals surface area contributed by atoms with Crippen molar-refractivity contribution in [2.24, 2.45) is 0 Å². The lowest BCUT2D eigenvalue weighted by atomic mass is 10.1. The molecule has 0 aromatic heterocycles. The first kappa shape index (κ1) is 9.63. The first-order chi connectivity index (χ1) is 4.66. The summed E-state index contributed by atoms with van der Waals surface area (Å²) in [5.41, 5.74) is 0. The zero-order chi connectivity index (χ0) is 7.98. The zero-order valence-electron chi connectivity index (χ0n) is 6.76. The molecule has 0 unspecified atom stereocenters. The summed E-state index contributed by atoms with van der Waals surface area (Å²) in [5.74, 6) is 0.0728. The molecule has 1 atom stereocenters. The topological polar surface area (TPSA) is 37.3 Å². The van der Waals surface area contributed by atoms with Crippen molar-refractivity contribution in [1.29, 1.82) is 0 Å². The first-order valence-corrected chi connectivity index (χ1v) is 3.84. The second kappa shape index (κ2) is 5.42. The number of ketones is 1. The van der Waals surface area contributed by atoms with Crippen LogP contribution in [0.15, 0.2) is 0 Å². The third-order valence-corrected chi connectivity index (χ3v) is 1.41. The smallest absolute Gasteiger partial charge is 0.132 e. The number of rotatable bonds is 5. The molecule has 10 heavy (non-hydrogen) atoms. The van der Waals surface area contributed by atoms with E-state index in [0.29, 0.717) is 6.42 Å². The van der Waals surface area contributed by atoms with E-state index < -0.39 is 6.10 Å². The van der Waals surface area contributed by atoms with Crippen molar-refractivity contribution in [2.45, 2.75) is 45.6 Å². The highest BCUT2D eigenvalue weighted by Crippen LogP contribution is 2.03. The van der Waals surface area contributed by atoms with Gasteiger partial charge in [-0.15, -0.1) is 0 Å². The third-order valence-electron chi connectivity index (χ3n) is 1.41. The van der Waals surface area contributed by atoms with Crippen LogP contribution < -0.4 is 0 Å². The van der Waals surface area contributed by atoms with Crippen molar-refractivity contribution in [3.05, 3.63) is 0 Å². The summed E-state index contributed by atoms with van der Waals surface area (Å²) in [7, 11) is 0. The molecule has 0 amide bonds. The van der Waals surface area contributed by atoms with E-state index in [2.05, 4.69) is 6.92 Å². The Morgan fingerprint density at radius 1 is 1.60 bits per heavy atom. The van der Waals surface area contributed by atoms with Gasteiger partial charge in [-0.1, -0.05) is 19.8 Å². The monoisotopic (exact) mass is 144 g/mol. The van der Waals surface area contributed by atoms with Gasteiger partial charge < -0.3 is 5.11 Å². The third kappa shape index (κ3) is 5.76. The van der Waals surface area contributed by atoms with Crippen molar-refractivity contribution < 1.29 is 9.90 Å². The van der Waals surface area contributed by atoms with Crippen LogP contribution >= 0.6 is 0 Å². The second-order valence-electron chi connectivity index (χ2n) is 2.70. The summed E-state index contributed by atoms with van der Waals surface area (Å²) >= 11 is 0. The minimum atomic E-state index is -0.405. The number of unbranched alkanes of at least 4 members (excludes halogenated alkanes) is 1. The molecule has 0 aliphatic carbocycles. The van der Waals surface area contributed by atoms with E-state index in [0.717, 1.165) is 19.3 Å². The molecule has 0 fully saturated rings. The lowest BCUT2D eigenvalue weighted by Gasteiger charge is -2.05. The van der Waals surface area contributed by atoms with Gasteiger partial charge in [0.15, 0.2) is 0 Å². The highest BCUT2D eigenvalue weighted by Gasteiger charge is 2.05. The number of Topliss-reactive ketones (excluding diaryl/α,β-unsaturated/α-hetero) is 1. The van der Waals surface area contributed by atoms with Gasteiger partial charge in [0, 0.05) is 6.42 Å². The van der Waals surface area contributed by atoms with Gasteiger partial charge >= 0.3 is 0 Å². The van der Waals surface area contributed by atoms with Crippen molar-refractivity contribution in [3.8, 4) is 0 Å². The number of aliphatic hydroxyl groups excluding tert-OH is 1. The molecule has 0 spiro atoms. The summed E-state index contributed by atoms with van der Waals surface area (Å²) in [4.78, 5) is 10.5. The maximum atomic E-state index is 10.5. The molecule has 0 aromatic carbocycles. The fraction of sp³-hybridized carbons (Fsp3) is 0.875. The van der Waals surface area contributed by atoms with E-state index >= 15 is 0 Å². The van der Waals surface area contributed by atoms with E-state index in [1.165, 1.54) is 6.92 Å². The number of hydrogen-bond acceptors (Lipinski definition) is 2. The van der Waals surface area contributed by atoms with Crippen LogP contribution in [0.1, 0.15) is 39.5 Å². The van der Waals surface area contributed by atoms with Crippen molar-refractivity contribution in [2.75, 3.05) is 0 Å². The normalized spacial score (nSPS) is 13.1. The molecular weight excluding hydrogens is 128 g/mol. The number of carbonyl (C=O) groups excluding carboxylic acids is 1. The van der Waals surface area contributed by atoms with Crippen LogP contribution in [0, 0.1) is 0 Å². The second-order valence-corrected chi connectivity index (χ2v) is 2.70. The van der Waals surface area contributed by atoms with Gasteiger partial charge in [0.25, 0.3) is 0 Å². The molecule has 0 saturated carbocycles. The van der Waals surface area contributed by atoms with Crippen LogP contribution in [0.4, 0.5) is 0 Å². The lowest BCUT2D eigenvalue weighted by Crippen LogP contribution is -2.10. The average Bonchev–Trinajstić information content (AvgIpc) is 1.82. The minimum Gasteiger partial charge on any atom is -0.393 e. The summed E-state index contributed by atoms with van der Waals surface area (Å²) in [6.45, 7) is 3.58. The Morgan fingerprint density at radius 3 is 2.60 bits per heavy atom. The quantitative estimate of drug-likeness (QED) is 0.635. The molecule has 2 heteroatoms.